The van der Waals surface area contributed by atoms with E-state index >= 15 is 0 Å². The smallest absolute Gasteiger partial charge is 0.0735 e. The van der Waals surface area contributed by atoms with Crippen LogP contribution in [0.4, 0.5) is 0 Å². The summed E-state index contributed by atoms with van der Waals surface area (Å²) in [7, 11) is 0. The van der Waals surface area contributed by atoms with E-state index in [4.69, 9.17) is 16.3 Å². The minimum absolute atomic E-state index is 0.543. The fourth-order valence-electron chi connectivity index (χ4n) is 2.23. The van der Waals surface area contributed by atoms with Crippen molar-refractivity contribution in [3.8, 4) is 0 Å². The Morgan fingerprint density at radius 2 is 1.52 bits per heavy atom. The van der Waals surface area contributed by atoms with Crippen LogP contribution in [0.5, 0.6) is 0 Å². The maximum atomic E-state index is 6.13. The Balaban J connectivity index is 1.89. The molecule has 0 unspecified atom stereocenters. The molecule has 0 aromatic heterocycles. The largest absolute Gasteiger partial charge is 0.372 e. The van der Waals surface area contributed by atoms with E-state index in [0.29, 0.717) is 13.2 Å². The van der Waals surface area contributed by atoms with Crippen molar-refractivity contribution in [3.63, 3.8) is 0 Å². The maximum Gasteiger partial charge on any atom is 0.0735 e. The van der Waals surface area contributed by atoms with E-state index in [1.165, 1.54) is 11.1 Å². The summed E-state index contributed by atoms with van der Waals surface area (Å²) in [5.41, 5.74) is 3.63. The number of hydrogen-bond donors (Lipinski definition) is 1. The zero-order valence-corrected chi connectivity index (χ0v) is 13.2. The molecule has 0 spiro atoms. The third-order valence-corrected chi connectivity index (χ3v) is 3.78. The summed E-state index contributed by atoms with van der Waals surface area (Å²) < 4.78 is 5.83. The average molecular weight is 304 g/mol. The van der Waals surface area contributed by atoms with Crippen LogP contribution in [0, 0.1) is 0 Å². The first-order chi connectivity index (χ1) is 10.3. The number of ether oxygens (including phenoxy) is 1. The van der Waals surface area contributed by atoms with Gasteiger partial charge >= 0.3 is 0 Å². The van der Waals surface area contributed by atoms with E-state index < -0.39 is 0 Å². The van der Waals surface area contributed by atoms with Crippen LogP contribution in [0.3, 0.4) is 0 Å². The Morgan fingerprint density at radius 3 is 2.24 bits per heavy atom. The molecule has 0 saturated heterocycles. The van der Waals surface area contributed by atoms with Crippen LogP contribution in [0.1, 0.15) is 23.6 Å². The molecule has 0 aliphatic heterocycles. The fraction of sp³-hybridized carbons (Fsp3) is 0.333. The van der Waals surface area contributed by atoms with Gasteiger partial charge in [0.05, 0.1) is 13.2 Å². The Labute approximate surface area is 132 Å². The Kier molecular flexibility index (Phi) is 6.74. The van der Waals surface area contributed by atoms with Gasteiger partial charge in [-0.3, -0.25) is 0 Å². The van der Waals surface area contributed by atoms with Crippen molar-refractivity contribution in [2.75, 3.05) is 13.1 Å². The first-order valence-electron chi connectivity index (χ1n) is 7.40. The lowest BCUT2D eigenvalue weighted by Gasteiger charge is -2.11. The highest BCUT2D eigenvalue weighted by molar-refractivity contribution is 6.31. The molecular weight excluding hydrogens is 282 g/mol. The second-order valence-corrected chi connectivity index (χ2v) is 5.36. The molecule has 2 aromatic carbocycles. The summed E-state index contributed by atoms with van der Waals surface area (Å²) in [4.78, 5) is 0. The van der Waals surface area contributed by atoms with Gasteiger partial charge in [0.2, 0.25) is 0 Å². The number of likely N-dealkylation sites (N-methyl/N-ethyl adjacent to an activating group) is 1. The molecular formula is C18H22ClNO. The van der Waals surface area contributed by atoms with Gasteiger partial charge in [-0.25, -0.2) is 0 Å². The van der Waals surface area contributed by atoms with Crippen molar-refractivity contribution >= 4 is 11.6 Å². The van der Waals surface area contributed by atoms with Crippen LogP contribution in [-0.4, -0.2) is 13.1 Å². The van der Waals surface area contributed by atoms with Crippen molar-refractivity contribution in [1.82, 2.24) is 5.32 Å². The Morgan fingerprint density at radius 1 is 0.905 bits per heavy atom. The monoisotopic (exact) mass is 303 g/mol. The van der Waals surface area contributed by atoms with Crippen LogP contribution in [0.25, 0.3) is 0 Å². The number of rotatable bonds is 8. The SMILES string of the molecule is CCNCCc1ccccc1COCc1ccccc1Cl. The van der Waals surface area contributed by atoms with Gasteiger partial charge in [-0.15, -0.1) is 0 Å². The minimum atomic E-state index is 0.543. The molecule has 0 fully saturated rings. The normalized spacial score (nSPS) is 10.8. The first kappa shape index (κ1) is 16.0. The molecule has 1 N–H and O–H groups in total. The number of nitrogens with one attached hydrogen (secondary N) is 1. The van der Waals surface area contributed by atoms with Gasteiger partial charge in [0.1, 0.15) is 0 Å². The van der Waals surface area contributed by atoms with E-state index in [1.807, 2.05) is 24.3 Å². The van der Waals surface area contributed by atoms with Crippen molar-refractivity contribution in [2.24, 2.45) is 0 Å². The van der Waals surface area contributed by atoms with E-state index in [0.717, 1.165) is 30.1 Å². The zero-order valence-electron chi connectivity index (χ0n) is 12.4. The second kappa shape index (κ2) is 8.83. The van der Waals surface area contributed by atoms with E-state index in [-0.39, 0.29) is 0 Å². The van der Waals surface area contributed by atoms with Crippen LogP contribution in [0.2, 0.25) is 5.02 Å². The molecule has 0 atom stereocenters. The van der Waals surface area contributed by atoms with Crippen LogP contribution < -0.4 is 5.32 Å². The summed E-state index contributed by atoms with van der Waals surface area (Å²) in [5, 5.41) is 4.12. The van der Waals surface area contributed by atoms with Crippen molar-refractivity contribution in [1.29, 1.82) is 0 Å². The first-order valence-corrected chi connectivity index (χ1v) is 7.77. The van der Waals surface area contributed by atoms with E-state index in [9.17, 15) is 0 Å². The van der Waals surface area contributed by atoms with E-state index in [2.05, 4.69) is 36.5 Å². The lowest BCUT2D eigenvalue weighted by atomic mass is 10.1. The summed E-state index contributed by atoms with van der Waals surface area (Å²) in [6.45, 7) is 5.29. The molecule has 2 aromatic rings. The summed E-state index contributed by atoms with van der Waals surface area (Å²) in [6.07, 6.45) is 1.03. The third-order valence-electron chi connectivity index (χ3n) is 3.41. The van der Waals surface area contributed by atoms with Gasteiger partial charge in [0.25, 0.3) is 0 Å². The minimum Gasteiger partial charge on any atom is -0.372 e. The summed E-state index contributed by atoms with van der Waals surface area (Å²) >= 11 is 6.13. The predicted molar refractivity (Wildman–Crippen MR) is 88.6 cm³/mol. The quantitative estimate of drug-likeness (QED) is 0.738. The molecule has 0 saturated carbocycles. The topological polar surface area (TPSA) is 21.3 Å². The van der Waals surface area contributed by atoms with Gasteiger partial charge < -0.3 is 10.1 Å². The summed E-state index contributed by atoms with van der Waals surface area (Å²) in [6, 6.07) is 16.3. The zero-order chi connectivity index (χ0) is 14.9. The lowest BCUT2D eigenvalue weighted by Crippen LogP contribution is -2.16. The van der Waals surface area contributed by atoms with Gasteiger partial charge in [0, 0.05) is 5.02 Å². The molecule has 3 heteroatoms. The highest BCUT2D eigenvalue weighted by Gasteiger charge is 2.03. The molecule has 0 bridgehead atoms. The van der Waals surface area contributed by atoms with Crippen LogP contribution in [-0.2, 0) is 24.4 Å². The van der Waals surface area contributed by atoms with E-state index in [1.54, 1.807) is 0 Å². The molecule has 2 rings (SSSR count). The number of halogens is 1. The highest BCUT2D eigenvalue weighted by Crippen LogP contribution is 2.17. The average Bonchev–Trinajstić information content (AvgIpc) is 2.51. The molecule has 0 radical (unpaired) electrons. The van der Waals surface area contributed by atoms with Crippen molar-refractivity contribution in [2.45, 2.75) is 26.6 Å². The molecule has 0 amide bonds. The second-order valence-electron chi connectivity index (χ2n) is 4.96. The van der Waals surface area contributed by atoms with Crippen molar-refractivity contribution < 1.29 is 4.74 Å². The maximum absolute atomic E-state index is 6.13. The molecule has 0 heterocycles. The molecule has 112 valence electrons. The van der Waals surface area contributed by atoms with Gasteiger partial charge in [-0.1, -0.05) is 61.0 Å². The Bertz CT molecular complexity index is 556. The number of benzene rings is 2. The van der Waals surface area contributed by atoms with Crippen LogP contribution in [0.15, 0.2) is 48.5 Å². The van der Waals surface area contributed by atoms with Crippen molar-refractivity contribution in [3.05, 3.63) is 70.2 Å². The van der Waals surface area contributed by atoms with Gasteiger partial charge in [-0.2, -0.15) is 0 Å². The molecule has 2 nitrogen and oxygen atoms in total. The Hall–Kier alpha value is -1.35. The highest BCUT2D eigenvalue weighted by atomic mass is 35.5. The summed E-state index contributed by atoms with van der Waals surface area (Å²) in [5.74, 6) is 0. The standard InChI is InChI=1S/C18H22ClNO/c1-2-20-12-11-15-7-3-4-8-16(15)13-21-14-17-9-5-6-10-18(17)19/h3-10,20H,2,11-14H2,1H3. The molecule has 0 aliphatic rings. The number of hydrogen-bond acceptors (Lipinski definition) is 2. The van der Waals surface area contributed by atoms with Gasteiger partial charge in [0.15, 0.2) is 0 Å². The fourth-order valence-corrected chi connectivity index (χ4v) is 2.42. The molecule has 21 heavy (non-hydrogen) atoms. The predicted octanol–water partition coefficient (Wildman–Crippen LogP) is 4.21. The van der Waals surface area contributed by atoms with Crippen LogP contribution >= 0.6 is 11.6 Å². The third kappa shape index (κ3) is 5.16. The molecule has 0 aliphatic carbocycles. The van der Waals surface area contributed by atoms with Gasteiger partial charge in [-0.05, 0) is 42.3 Å². The lowest BCUT2D eigenvalue weighted by molar-refractivity contribution is 0.106.